The molecule has 0 bridgehead atoms. The van der Waals surface area contributed by atoms with Crippen molar-refractivity contribution in [2.75, 3.05) is 5.43 Å². The number of aromatic nitrogens is 1. The van der Waals surface area contributed by atoms with Crippen LogP contribution in [0.3, 0.4) is 0 Å². The smallest absolute Gasteiger partial charge is 0.196 e. The lowest BCUT2D eigenvalue weighted by atomic mass is 10.1. The molecular weight excluding hydrogens is 340 g/mol. The van der Waals surface area contributed by atoms with Gasteiger partial charge in [0.25, 0.3) is 0 Å². The van der Waals surface area contributed by atoms with Crippen LogP contribution in [0, 0.1) is 39.0 Å². The zero-order chi connectivity index (χ0) is 18.7. The first kappa shape index (κ1) is 17.8. The van der Waals surface area contributed by atoms with Crippen LogP contribution in [0.1, 0.15) is 27.3 Å². The fraction of sp³-hybridized carbons (Fsp3) is 0.190. The first-order chi connectivity index (χ1) is 12.5. The molecule has 26 heavy (non-hydrogen) atoms. The molecule has 130 valence electrons. The van der Waals surface area contributed by atoms with Gasteiger partial charge >= 0.3 is 0 Å². The third-order valence-electron chi connectivity index (χ3n) is 4.42. The lowest BCUT2D eigenvalue weighted by molar-refractivity contribution is 1.28. The Morgan fingerprint density at radius 3 is 2.35 bits per heavy atom. The summed E-state index contributed by atoms with van der Waals surface area (Å²) in [6.45, 7) is 8.28. The second-order valence-electron chi connectivity index (χ2n) is 6.32. The fourth-order valence-corrected chi connectivity index (χ4v) is 3.23. The molecule has 2 aromatic carbocycles. The third kappa shape index (κ3) is 3.81. The van der Waals surface area contributed by atoms with Crippen LogP contribution in [0.4, 0.5) is 5.69 Å². The van der Waals surface area contributed by atoms with Crippen LogP contribution >= 0.6 is 11.3 Å². The molecule has 0 amide bonds. The second-order valence-corrected chi connectivity index (χ2v) is 7.18. The Kier molecular flexibility index (Phi) is 5.15. The van der Waals surface area contributed by atoms with Crippen LogP contribution in [-0.4, -0.2) is 10.7 Å². The minimum absolute atomic E-state index is 0.281. The van der Waals surface area contributed by atoms with E-state index in [4.69, 9.17) is 0 Å². The quantitative estimate of drug-likeness (QED) is 0.502. The van der Waals surface area contributed by atoms with Gasteiger partial charge in [-0.25, -0.2) is 4.98 Å². The standard InChI is InChI=1S/C21H20N4S/c1-13-5-7-17(9-15(13)3)20-12-26-21(23-20)19(11-22)25-24-18-8-6-14(2)16(4)10-18/h5-10,12,24H,1-4H3. The van der Waals surface area contributed by atoms with Crippen molar-refractivity contribution in [3.63, 3.8) is 0 Å². The third-order valence-corrected chi connectivity index (χ3v) is 5.27. The summed E-state index contributed by atoms with van der Waals surface area (Å²) in [4.78, 5) is 4.59. The van der Waals surface area contributed by atoms with Crippen molar-refractivity contribution in [3.8, 4) is 17.3 Å². The van der Waals surface area contributed by atoms with E-state index in [9.17, 15) is 5.26 Å². The Morgan fingerprint density at radius 2 is 1.69 bits per heavy atom. The Morgan fingerprint density at radius 1 is 1.00 bits per heavy atom. The van der Waals surface area contributed by atoms with Crippen molar-refractivity contribution in [1.29, 1.82) is 5.26 Å². The summed E-state index contributed by atoms with van der Waals surface area (Å²) in [5, 5.41) is 16.3. The zero-order valence-corrected chi connectivity index (χ0v) is 16.1. The Hall–Kier alpha value is -2.97. The van der Waals surface area contributed by atoms with Gasteiger partial charge in [-0.3, -0.25) is 5.43 Å². The van der Waals surface area contributed by atoms with Crippen molar-refractivity contribution >= 4 is 22.7 Å². The molecule has 0 aliphatic heterocycles. The Labute approximate surface area is 157 Å². The number of hydrogen-bond donors (Lipinski definition) is 1. The average Bonchev–Trinajstić information content (AvgIpc) is 3.11. The molecule has 0 radical (unpaired) electrons. The van der Waals surface area contributed by atoms with Crippen LogP contribution in [0.5, 0.6) is 0 Å². The number of anilines is 1. The Bertz CT molecular complexity index is 1020. The maximum absolute atomic E-state index is 9.46. The number of aryl methyl sites for hydroxylation is 4. The van der Waals surface area contributed by atoms with Gasteiger partial charge in [-0.15, -0.1) is 11.3 Å². The summed E-state index contributed by atoms with van der Waals surface area (Å²) in [5.41, 5.74) is 10.9. The van der Waals surface area contributed by atoms with E-state index in [2.05, 4.69) is 60.6 Å². The van der Waals surface area contributed by atoms with E-state index in [1.165, 1.54) is 33.6 Å². The van der Waals surface area contributed by atoms with Gasteiger partial charge in [-0.2, -0.15) is 10.4 Å². The summed E-state index contributed by atoms with van der Waals surface area (Å²) in [6, 6.07) is 14.4. The molecule has 0 saturated heterocycles. The normalized spacial score (nSPS) is 11.3. The van der Waals surface area contributed by atoms with E-state index in [1.54, 1.807) is 0 Å². The molecule has 3 rings (SSSR count). The number of nitrogens with zero attached hydrogens (tertiary/aromatic N) is 3. The van der Waals surface area contributed by atoms with Gasteiger partial charge in [-0.05, 0) is 68.1 Å². The van der Waals surface area contributed by atoms with E-state index < -0.39 is 0 Å². The summed E-state index contributed by atoms with van der Waals surface area (Å²) < 4.78 is 0. The minimum atomic E-state index is 0.281. The minimum Gasteiger partial charge on any atom is -0.277 e. The lowest BCUT2D eigenvalue weighted by Crippen LogP contribution is -2.01. The van der Waals surface area contributed by atoms with Crippen molar-refractivity contribution in [2.45, 2.75) is 27.7 Å². The molecule has 0 unspecified atom stereocenters. The van der Waals surface area contributed by atoms with Gasteiger partial charge in [0.05, 0.1) is 11.4 Å². The maximum atomic E-state index is 9.46. The number of thiazole rings is 1. The van der Waals surface area contributed by atoms with Crippen LogP contribution in [0.2, 0.25) is 0 Å². The van der Waals surface area contributed by atoms with Crippen molar-refractivity contribution in [2.24, 2.45) is 5.10 Å². The van der Waals surface area contributed by atoms with Crippen molar-refractivity contribution in [1.82, 2.24) is 4.98 Å². The van der Waals surface area contributed by atoms with Gasteiger partial charge in [0.15, 0.2) is 10.7 Å². The maximum Gasteiger partial charge on any atom is 0.196 e. The first-order valence-electron chi connectivity index (χ1n) is 8.32. The highest BCUT2D eigenvalue weighted by Gasteiger charge is 2.11. The molecule has 1 aromatic heterocycles. The van der Waals surface area contributed by atoms with Crippen LogP contribution in [-0.2, 0) is 0 Å². The highest BCUT2D eigenvalue weighted by Crippen LogP contribution is 2.24. The van der Waals surface area contributed by atoms with E-state index in [1.807, 2.05) is 30.5 Å². The molecule has 0 saturated carbocycles. The summed E-state index contributed by atoms with van der Waals surface area (Å²) in [7, 11) is 0. The van der Waals surface area contributed by atoms with Gasteiger partial charge in [0.1, 0.15) is 6.07 Å². The molecule has 1 N–H and O–H groups in total. The second kappa shape index (κ2) is 7.51. The molecule has 0 fully saturated rings. The number of nitriles is 1. The van der Waals surface area contributed by atoms with Crippen LogP contribution < -0.4 is 5.43 Å². The van der Waals surface area contributed by atoms with Crippen molar-refractivity contribution < 1.29 is 0 Å². The average molecular weight is 360 g/mol. The fourth-order valence-electron chi connectivity index (χ4n) is 2.47. The number of benzene rings is 2. The van der Waals surface area contributed by atoms with Crippen molar-refractivity contribution in [3.05, 3.63) is 69.0 Å². The Balaban J connectivity index is 1.84. The van der Waals surface area contributed by atoms with Gasteiger partial charge in [0, 0.05) is 10.9 Å². The van der Waals surface area contributed by atoms with Gasteiger partial charge in [0.2, 0.25) is 0 Å². The number of hydrogen-bond acceptors (Lipinski definition) is 5. The van der Waals surface area contributed by atoms with E-state index in [-0.39, 0.29) is 5.71 Å². The number of hydrazone groups is 1. The monoisotopic (exact) mass is 360 g/mol. The van der Waals surface area contributed by atoms with Gasteiger partial charge < -0.3 is 0 Å². The molecule has 0 atom stereocenters. The van der Waals surface area contributed by atoms with Gasteiger partial charge in [-0.1, -0.05) is 18.2 Å². The van der Waals surface area contributed by atoms with E-state index in [0.29, 0.717) is 5.01 Å². The summed E-state index contributed by atoms with van der Waals surface area (Å²) in [5.74, 6) is 0. The number of nitrogens with one attached hydrogen (secondary N) is 1. The predicted octanol–water partition coefficient (Wildman–Crippen LogP) is 5.38. The first-order valence-corrected chi connectivity index (χ1v) is 9.20. The van der Waals surface area contributed by atoms with E-state index >= 15 is 0 Å². The zero-order valence-electron chi connectivity index (χ0n) is 15.3. The molecule has 0 aliphatic rings. The summed E-state index contributed by atoms with van der Waals surface area (Å²) >= 11 is 1.42. The molecule has 3 aromatic rings. The molecule has 0 spiro atoms. The van der Waals surface area contributed by atoms with Crippen LogP contribution in [0.25, 0.3) is 11.3 Å². The molecule has 0 aliphatic carbocycles. The highest BCUT2D eigenvalue weighted by atomic mass is 32.1. The number of rotatable bonds is 4. The predicted molar refractivity (Wildman–Crippen MR) is 109 cm³/mol. The molecule has 1 heterocycles. The largest absolute Gasteiger partial charge is 0.277 e. The summed E-state index contributed by atoms with van der Waals surface area (Å²) in [6.07, 6.45) is 0. The molecule has 5 heteroatoms. The van der Waals surface area contributed by atoms with Crippen LogP contribution in [0.15, 0.2) is 46.9 Å². The molecule has 4 nitrogen and oxygen atoms in total. The van der Waals surface area contributed by atoms with E-state index in [0.717, 1.165) is 16.9 Å². The molecular formula is C21H20N4S. The lowest BCUT2D eigenvalue weighted by Gasteiger charge is -2.04. The topological polar surface area (TPSA) is 61.1 Å². The SMILES string of the molecule is Cc1ccc(NN=C(C#N)c2nc(-c3ccc(C)c(C)c3)cs2)cc1C. The highest BCUT2D eigenvalue weighted by molar-refractivity contribution is 7.12.